The lowest BCUT2D eigenvalue weighted by atomic mass is 10.1. The van der Waals surface area contributed by atoms with Crippen molar-refractivity contribution < 1.29 is 19.4 Å². The largest absolute Gasteiger partial charge is 0.497 e. The Morgan fingerprint density at radius 1 is 1.33 bits per heavy atom. The fraction of sp³-hybridized carbons (Fsp3) is 0.500. The van der Waals surface area contributed by atoms with Crippen molar-refractivity contribution in [3.63, 3.8) is 0 Å². The average molecular weight is 252 g/mol. The van der Waals surface area contributed by atoms with Gasteiger partial charge in [-0.1, -0.05) is 25.5 Å². The first kappa shape index (κ1) is 14.5. The van der Waals surface area contributed by atoms with Crippen LogP contribution in [0.3, 0.4) is 0 Å². The van der Waals surface area contributed by atoms with Crippen LogP contribution < -0.4 is 4.74 Å². The number of hydrogen-bond donors (Lipinski definition) is 1. The number of methoxy groups -OCH3 is 1. The van der Waals surface area contributed by atoms with Gasteiger partial charge in [-0.2, -0.15) is 0 Å². The highest BCUT2D eigenvalue weighted by molar-refractivity contribution is 5.72. The summed E-state index contributed by atoms with van der Waals surface area (Å²) in [7, 11) is 1.60. The maximum Gasteiger partial charge on any atom is 0.333 e. The van der Waals surface area contributed by atoms with E-state index in [1.807, 2.05) is 31.2 Å². The number of carboxylic acid groups (broad SMARTS) is 1. The molecule has 0 saturated carbocycles. The molecule has 0 saturated heterocycles. The van der Waals surface area contributed by atoms with E-state index in [-0.39, 0.29) is 0 Å². The molecule has 0 amide bonds. The topological polar surface area (TPSA) is 55.8 Å². The summed E-state index contributed by atoms with van der Waals surface area (Å²) < 4.78 is 10.4. The maximum absolute atomic E-state index is 11.1. The van der Waals surface area contributed by atoms with Crippen molar-refractivity contribution in [2.24, 2.45) is 0 Å². The number of carbonyl (C=O) groups is 1. The first-order chi connectivity index (χ1) is 8.67. The lowest BCUT2D eigenvalue weighted by molar-refractivity contribution is -0.150. The molecule has 1 N–H and O–H groups in total. The van der Waals surface area contributed by atoms with Crippen LogP contribution in [0.1, 0.15) is 25.3 Å². The van der Waals surface area contributed by atoms with Gasteiger partial charge < -0.3 is 14.6 Å². The van der Waals surface area contributed by atoms with Crippen molar-refractivity contribution in [3.05, 3.63) is 29.8 Å². The Bertz CT molecular complexity index is 359. The lowest BCUT2D eigenvalue weighted by Crippen LogP contribution is -2.26. The van der Waals surface area contributed by atoms with Crippen molar-refractivity contribution in [1.82, 2.24) is 0 Å². The summed E-state index contributed by atoms with van der Waals surface area (Å²) in [4.78, 5) is 11.1. The van der Waals surface area contributed by atoms with E-state index in [4.69, 9.17) is 14.6 Å². The number of hydrogen-bond acceptors (Lipinski definition) is 3. The molecule has 1 rings (SSSR count). The molecule has 4 nitrogen and oxygen atoms in total. The van der Waals surface area contributed by atoms with Gasteiger partial charge in [0.1, 0.15) is 5.75 Å². The molecule has 0 radical (unpaired) electrons. The Morgan fingerprint density at radius 3 is 2.50 bits per heavy atom. The van der Waals surface area contributed by atoms with Gasteiger partial charge in [0.2, 0.25) is 0 Å². The summed E-state index contributed by atoms with van der Waals surface area (Å²) in [5, 5.41) is 9.08. The van der Waals surface area contributed by atoms with E-state index in [0.717, 1.165) is 24.2 Å². The summed E-state index contributed by atoms with van der Waals surface area (Å²) in [5.74, 6) is -0.153. The van der Waals surface area contributed by atoms with Gasteiger partial charge in [-0.3, -0.25) is 0 Å². The normalized spacial score (nSPS) is 12.1. The zero-order chi connectivity index (χ0) is 13.4. The highest BCUT2D eigenvalue weighted by Gasteiger charge is 2.18. The van der Waals surface area contributed by atoms with E-state index in [2.05, 4.69) is 0 Å². The second-order valence-corrected chi connectivity index (χ2v) is 4.10. The highest BCUT2D eigenvalue weighted by atomic mass is 16.5. The summed E-state index contributed by atoms with van der Waals surface area (Å²) in [6.07, 6.45) is 1.48. The van der Waals surface area contributed by atoms with E-state index < -0.39 is 12.1 Å². The molecule has 4 heteroatoms. The standard InChI is InChI=1S/C14H20O4/c1-3-4-9-18-13(14(15)16)10-11-5-7-12(17-2)8-6-11/h5-8,13H,3-4,9-10H2,1-2H3,(H,15,16)/t13-/m0/s1. The zero-order valence-corrected chi connectivity index (χ0v) is 10.9. The van der Waals surface area contributed by atoms with Gasteiger partial charge in [0.25, 0.3) is 0 Å². The van der Waals surface area contributed by atoms with Crippen LogP contribution in [0.2, 0.25) is 0 Å². The van der Waals surface area contributed by atoms with Gasteiger partial charge in [-0.25, -0.2) is 4.79 Å². The Balaban J connectivity index is 2.56. The maximum atomic E-state index is 11.1. The van der Waals surface area contributed by atoms with Crippen LogP contribution in [0.4, 0.5) is 0 Å². The summed E-state index contributed by atoms with van der Waals surface area (Å²) in [5.41, 5.74) is 0.930. The highest BCUT2D eigenvalue weighted by Crippen LogP contribution is 2.14. The summed E-state index contributed by atoms with van der Waals surface area (Å²) in [6, 6.07) is 7.36. The van der Waals surface area contributed by atoms with Gasteiger partial charge in [-0.15, -0.1) is 0 Å². The fourth-order valence-electron chi connectivity index (χ4n) is 1.56. The fourth-order valence-corrected chi connectivity index (χ4v) is 1.56. The molecule has 0 spiro atoms. The Hall–Kier alpha value is -1.55. The third-order valence-electron chi connectivity index (χ3n) is 2.67. The van der Waals surface area contributed by atoms with Crippen LogP contribution in [0, 0.1) is 0 Å². The van der Waals surface area contributed by atoms with Crippen molar-refractivity contribution in [2.75, 3.05) is 13.7 Å². The molecule has 0 aliphatic rings. The molecule has 100 valence electrons. The van der Waals surface area contributed by atoms with Crippen LogP contribution >= 0.6 is 0 Å². The number of ether oxygens (including phenoxy) is 2. The number of aliphatic carboxylic acids is 1. The minimum atomic E-state index is -0.915. The molecule has 1 aromatic rings. The first-order valence-corrected chi connectivity index (χ1v) is 6.14. The third kappa shape index (κ3) is 4.75. The SMILES string of the molecule is CCCCO[C@@H](Cc1ccc(OC)cc1)C(=O)O. The van der Waals surface area contributed by atoms with E-state index >= 15 is 0 Å². The molecule has 1 atom stereocenters. The van der Waals surface area contributed by atoms with Crippen LogP contribution in [0.15, 0.2) is 24.3 Å². The molecular formula is C14H20O4. The molecular weight excluding hydrogens is 232 g/mol. The van der Waals surface area contributed by atoms with E-state index in [1.165, 1.54) is 0 Å². The minimum Gasteiger partial charge on any atom is -0.497 e. The Morgan fingerprint density at radius 2 is 2.00 bits per heavy atom. The quantitative estimate of drug-likeness (QED) is 0.722. The number of carboxylic acids is 1. The predicted octanol–water partition coefficient (Wildman–Crippen LogP) is 2.51. The van der Waals surface area contributed by atoms with E-state index in [0.29, 0.717) is 13.0 Å². The van der Waals surface area contributed by atoms with Crippen LogP contribution in [0.5, 0.6) is 5.75 Å². The van der Waals surface area contributed by atoms with Crippen molar-refractivity contribution in [2.45, 2.75) is 32.3 Å². The van der Waals surface area contributed by atoms with Crippen molar-refractivity contribution in [1.29, 1.82) is 0 Å². The van der Waals surface area contributed by atoms with Crippen LogP contribution in [0.25, 0.3) is 0 Å². The molecule has 0 aliphatic heterocycles. The monoisotopic (exact) mass is 252 g/mol. The third-order valence-corrected chi connectivity index (χ3v) is 2.67. The lowest BCUT2D eigenvalue weighted by Gasteiger charge is -2.13. The molecule has 18 heavy (non-hydrogen) atoms. The van der Waals surface area contributed by atoms with Gasteiger partial charge in [0.05, 0.1) is 7.11 Å². The first-order valence-electron chi connectivity index (χ1n) is 6.14. The average Bonchev–Trinajstić information content (AvgIpc) is 2.38. The molecule has 0 heterocycles. The summed E-state index contributed by atoms with van der Waals surface area (Å²) >= 11 is 0. The van der Waals surface area contributed by atoms with E-state index in [1.54, 1.807) is 7.11 Å². The van der Waals surface area contributed by atoms with Gasteiger partial charge in [0, 0.05) is 13.0 Å². The predicted molar refractivity (Wildman–Crippen MR) is 69.0 cm³/mol. The Labute approximate surface area is 108 Å². The molecule has 1 aromatic carbocycles. The number of benzene rings is 1. The number of rotatable bonds is 8. The Kier molecular flexibility index (Phi) is 6.22. The smallest absolute Gasteiger partial charge is 0.333 e. The summed E-state index contributed by atoms with van der Waals surface area (Å²) in [6.45, 7) is 2.53. The number of unbranched alkanes of at least 4 members (excludes halogenated alkanes) is 1. The molecule has 0 unspecified atom stereocenters. The molecule has 0 aromatic heterocycles. The van der Waals surface area contributed by atoms with E-state index in [9.17, 15) is 4.79 Å². The van der Waals surface area contributed by atoms with Gasteiger partial charge >= 0.3 is 5.97 Å². The molecule has 0 aliphatic carbocycles. The van der Waals surface area contributed by atoms with Crippen LogP contribution in [-0.4, -0.2) is 30.9 Å². The molecule has 0 bridgehead atoms. The second-order valence-electron chi connectivity index (χ2n) is 4.10. The van der Waals surface area contributed by atoms with Gasteiger partial charge in [0.15, 0.2) is 6.10 Å². The minimum absolute atomic E-state index is 0.378. The van der Waals surface area contributed by atoms with Crippen molar-refractivity contribution >= 4 is 5.97 Å². The molecule has 0 fully saturated rings. The van der Waals surface area contributed by atoms with Crippen LogP contribution in [-0.2, 0) is 16.0 Å². The second kappa shape index (κ2) is 7.71. The van der Waals surface area contributed by atoms with Crippen molar-refractivity contribution in [3.8, 4) is 5.75 Å². The zero-order valence-electron chi connectivity index (χ0n) is 10.9. The van der Waals surface area contributed by atoms with Gasteiger partial charge in [-0.05, 0) is 24.1 Å².